The molecule has 0 aliphatic rings. The van der Waals surface area contributed by atoms with Crippen LogP contribution < -0.4 is 5.32 Å². The van der Waals surface area contributed by atoms with Crippen LogP contribution in [-0.2, 0) is 17.8 Å². The van der Waals surface area contributed by atoms with Gasteiger partial charge in [0.05, 0.1) is 24.5 Å². The van der Waals surface area contributed by atoms with E-state index in [1.807, 2.05) is 19.1 Å². The Bertz CT molecular complexity index is 779. The van der Waals surface area contributed by atoms with Crippen LogP contribution >= 0.6 is 0 Å². The lowest BCUT2D eigenvalue weighted by Gasteiger charge is -2.19. The highest BCUT2D eigenvalue weighted by Crippen LogP contribution is 2.10. The lowest BCUT2D eigenvalue weighted by Crippen LogP contribution is -2.33. The first-order valence-corrected chi connectivity index (χ1v) is 7.71. The molecule has 2 N–H and O–H groups in total. The van der Waals surface area contributed by atoms with Gasteiger partial charge in [-0.05, 0) is 39.8 Å². The van der Waals surface area contributed by atoms with Crippen LogP contribution in [0.15, 0.2) is 18.2 Å². The van der Waals surface area contributed by atoms with Crippen molar-refractivity contribution in [2.45, 2.75) is 46.4 Å². The molecule has 0 aliphatic carbocycles. The lowest BCUT2D eigenvalue weighted by molar-refractivity contribution is 0.0519. The van der Waals surface area contributed by atoms with Gasteiger partial charge in [-0.1, -0.05) is 11.3 Å². The van der Waals surface area contributed by atoms with Gasteiger partial charge in [0, 0.05) is 5.69 Å². The molecule has 9 heteroatoms. The van der Waals surface area contributed by atoms with Gasteiger partial charge in [0.1, 0.15) is 5.60 Å². The summed E-state index contributed by atoms with van der Waals surface area (Å²) in [6, 6.07) is 5.52. The molecule has 2 heterocycles. The number of hydrogen-bond acceptors (Lipinski definition) is 6. The van der Waals surface area contributed by atoms with Gasteiger partial charge in [0.15, 0.2) is 5.69 Å². The van der Waals surface area contributed by atoms with Gasteiger partial charge >= 0.3 is 12.1 Å². The summed E-state index contributed by atoms with van der Waals surface area (Å²) >= 11 is 0. The first kappa shape index (κ1) is 18.4. The molecular formula is C16H21N5O4. The molecule has 1 amide bonds. The number of ether oxygens (including phenoxy) is 1. The van der Waals surface area contributed by atoms with Crippen LogP contribution in [0.3, 0.4) is 0 Å². The summed E-state index contributed by atoms with van der Waals surface area (Å²) in [4.78, 5) is 27.5. The summed E-state index contributed by atoms with van der Waals surface area (Å²) in [6.07, 6.45) is -0.648. The minimum atomic E-state index is -1.22. The van der Waals surface area contributed by atoms with Crippen LogP contribution in [0.25, 0.3) is 0 Å². The number of nitrogens with zero attached hydrogens (tertiary/aromatic N) is 4. The topological polar surface area (TPSA) is 119 Å². The zero-order valence-corrected chi connectivity index (χ0v) is 14.6. The Morgan fingerprint density at radius 2 is 2.04 bits per heavy atom. The smallest absolute Gasteiger partial charge is 0.407 e. The maximum absolute atomic E-state index is 11.8. The Hall–Kier alpha value is -2.97. The van der Waals surface area contributed by atoms with Crippen molar-refractivity contribution in [1.29, 1.82) is 0 Å². The number of aromatic nitrogens is 4. The maximum Gasteiger partial charge on any atom is 0.407 e. The number of carbonyl (C=O) groups excluding carboxylic acids is 1. The van der Waals surface area contributed by atoms with Crippen LogP contribution in [0.5, 0.6) is 0 Å². The predicted molar refractivity (Wildman–Crippen MR) is 88.1 cm³/mol. The SMILES string of the molecule is Cc1cccc(Cn2nnc(C(=O)O)c2CNC(=O)OC(C)(C)C)n1. The third-order valence-corrected chi connectivity index (χ3v) is 3.10. The normalized spacial score (nSPS) is 11.2. The van der Waals surface area contributed by atoms with E-state index in [1.165, 1.54) is 4.68 Å². The molecule has 0 aromatic carbocycles. The number of aromatic carboxylic acids is 1. The number of alkyl carbamates (subject to hydrolysis) is 1. The number of carboxylic acids is 1. The van der Waals surface area contributed by atoms with Gasteiger partial charge in [0.25, 0.3) is 0 Å². The molecule has 0 saturated heterocycles. The summed E-state index contributed by atoms with van der Waals surface area (Å²) in [7, 11) is 0. The Morgan fingerprint density at radius 3 is 2.64 bits per heavy atom. The fourth-order valence-electron chi connectivity index (χ4n) is 2.11. The first-order chi connectivity index (χ1) is 11.7. The molecule has 25 heavy (non-hydrogen) atoms. The zero-order valence-electron chi connectivity index (χ0n) is 14.6. The van der Waals surface area contributed by atoms with Crippen LogP contribution in [0.1, 0.15) is 48.3 Å². The second kappa shape index (κ2) is 7.29. The molecule has 0 saturated carbocycles. The van der Waals surface area contributed by atoms with E-state index >= 15 is 0 Å². The van der Waals surface area contributed by atoms with Crippen LogP contribution in [0.2, 0.25) is 0 Å². The third-order valence-electron chi connectivity index (χ3n) is 3.10. The fraction of sp³-hybridized carbons (Fsp3) is 0.438. The highest BCUT2D eigenvalue weighted by molar-refractivity contribution is 5.86. The molecule has 0 aliphatic heterocycles. The molecule has 2 aromatic heterocycles. The van der Waals surface area contributed by atoms with Crippen molar-refractivity contribution < 1.29 is 19.4 Å². The van der Waals surface area contributed by atoms with Crippen molar-refractivity contribution in [3.63, 3.8) is 0 Å². The average molecular weight is 347 g/mol. The third kappa shape index (κ3) is 5.27. The molecule has 0 radical (unpaired) electrons. The van der Waals surface area contributed by atoms with Gasteiger partial charge in [0.2, 0.25) is 0 Å². The molecule has 0 fully saturated rings. The van der Waals surface area contributed by atoms with Crippen molar-refractivity contribution in [3.8, 4) is 0 Å². The number of nitrogens with one attached hydrogen (secondary N) is 1. The quantitative estimate of drug-likeness (QED) is 0.845. The fourth-order valence-corrected chi connectivity index (χ4v) is 2.11. The number of aryl methyl sites for hydroxylation is 1. The lowest BCUT2D eigenvalue weighted by atomic mass is 10.2. The Balaban J connectivity index is 2.18. The minimum absolute atomic E-state index is 0.0740. The van der Waals surface area contributed by atoms with E-state index in [1.54, 1.807) is 26.8 Å². The van der Waals surface area contributed by atoms with E-state index in [0.717, 1.165) is 5.69 Å². The average Bonchev–Trinajstić information content (AvgIpc) is 2.86. The van der Waals surface area contributed by atoms with Crippen molar-refractivity contribution in [3.05, 3.63) is 41.0 Å². The number of rotatable bonds is 5. The molecule has 0 spiro atoms. The van der Waals surface area contributed by atoms with E-state index in [9.17, 15) is 14.7 Å². The first-order valence-electron chi connectivity index (χ1n) is 7.71. The Kier molecular flexibility index (Phi) is 5.35. The van der Waals surface area contributed by atoms with Gasteiger partial charge in [-0.25, -0.2) is 14.3 Å². The maximum atomic E-state index is 11.8. The Labute approximate surface area is 145 Å². The molecule has 2 aromatic rings. The van der Waals surface area contributed by atoms with Gasteiger partial charge in [-0.3, -0.25) is 4.98 Å². The van der Waals surface area contributed by atoms with Crippen LogP contribution in [-0.4, -0.2) is 42.7 Å². The second-order valence-corrected chi connectivity index (χ2v) is 6.47. The molecular weight excluding hydrogens is 326 g/mol. The molecule has 0 bridgehead atoms. The highest BCUT2D eigenvalue weighted by atomic mass is 16.6. The summed E-state index contributed by atoms with van der Waals surface area (Å²) < 4.78 is 6.56. The largest absolute Gasteiger partial charge is 0.476 e. The highest BCUT2D eigenvalue weighted by Gasteiger charge is 2.21. The standard InChI is InChI=1S/C16H21N5O4/c1-10-6-5-7-11(18-10)9-21-12(13(14(22)23)19-20-21)8-17-15(24)25-16(2,3)4/h5-7H,8-9H2,1-4H3,(H,17,24)(H,22,23). The minimum Gasteiger partial charge on any atom is -0.476 e. The second-order valence-electron chi connectivity index (χ2n) is 6.47. The summed E-state index contributed by atoms with van der Waals surface area (Å²) in [5, 5.41) is 19.3. The van der Waals surface area contributed by atoms with Gasteiger partial charge in [-0.15, -0.1) is 5.10 Å². The number of amides is 1. The zero-order chi connectivity index (χ0) is 18.6. The Morgan fingerprint density at radius 1 is 1.32 bits per heavy atom. The summed E-state index contributed by atoms with van der Waals surface area (Å²) in [5.74, 6) is -1.22. The van der Waals surface area contributed by atoms with Crippen molar-refractivity contribution in [1.82, 2.24) is 25.3 Å². The van der Waals surface area contributed by atoms with E-state index in [0.29, 0.717) is 5.69 Å². The van der Waals surface area contributed by atoms with Crippen molar-refractivity contribution >= 4 is 12.1 Å². The van der Waals surface area contributed by atoms with Crippen LogP contribution in [0.4, 0.5) is 4.79 Å². The van der Waals surface area contributed by atoms with Gasteiger partial charge in [-0.2, -0.15) is 0 Å². The van der Waals surface area contributed by atoms with E-state index in [4.69, 9.17) is 4.74 Å². The van der Waals surface area contributed by atoms with E-state index in [-0.39, 0.29) is 24.5 Å². The number of pyridine rings is 1. The van der Waals surface area contributed by atoms with E-state index in [2.05, 4.69) is 20.6 Å². The predicted octanol–water partition coefficient (Wildman–Crippen LogP) is 1.75. The number of carboxylic acid groups (broad SMARTS) is 1. The molecule has 0 atom stereocenters. The monoisotopic (exact) mass is 347 g/mol. The number of carbonyl (C=O) groups is 2. The number of hydrogen-bond donors (Lipinski definition) is 2. The van der Waals surface area contributed by atoms with Crippen molar-refractivity contribution in [2.75, 3.05) is 0 Å². The van der Waals surface area contributed by atoms with Gasteiger partial charge < -0.3 is 15.2 Å². The van der Waals surface area contributed by atoms with E-state index < -0.39 is 17.7 Å². The van der Waals surface area contributed by atoms with Crippen LogP contribution in [0, 0.1) is 6.92 Å². The molecule has 134 valence electrons. The summed E-state index contributed by atoms with van der Waals surface area (Å²) in [6.45, 7) is 7.25. The molecule has 0 unspecified atom stereocenters. The molecule has 9 nitrogen and oxygen atoms in total. The summed E-state index contributed by atoms with van der Waals surface area (Å²) in [5.41, 5.74) is 0.944. The van der Waals surface area contributed by atoms with Crippen molar-refractivity contribution in [2.24, 2.45) is 0 Å². The molecule has 2 rings (SSSR count).